The van der Waals surface area contributed by atoms with E-state index >= 15 is 0 Å². The third-order valence-corrected chi connectivity index (χ3v) is 2.62. The average Bonchev–Trinajstić information content (AvgIpc) is 2.39. The summed E-state index contributed by atoms with van der Waals surface area (Å²) in [5.41, 5.74) is 0. The summed E-state index contributed by atoms with van der Waals surface area (Å²) in [5, 5.41) is 0. The highest BCUT2D eigenvalue weighted by Gasteiger charge is 2.29. The zero-order chi connectivity index (χ0) is 14.0. The largest absolute Gasteiger partial charge is 0.466 e. The van der Waals surface area contributed by atoms with E-state index in [0.29, 0.717) is 6.29 Å². The van der Waals surface area contributed by atoms with Gasteiger partial charge in [-0.2, -0.15) is 0 Å². The van der Waals surface area contributed by atoms with Crippen molar-refractivity contribution in [3.63, 3.8) is 0 Å². The van der Waals surface area contributed by atoms with Gasteiger partial charge in [0.05, 0.1) is 13.0 Å². The van der Waals surface area contributed by atoms with Crippen molar-refractivity contribution in [2.75, 3.05) is 7.11 Å². The SMILES string of the molecule is CCCCCCC(=O)OC(C(=O)OC)C(C)C=O. The van der Waals surface area contributed by atoms with Gasteiger partial charge in [0, 0.05) is 6.42 Å². The predicted octanol–water partition coefficient (Wildman–Crippen LogP) is 1.88. The Bertz CT molecular complexity index is 275. The summed E-state index contributed by atoms with van der Waals surface area (Å²) in [6.45, 7) is 3.59. The maximum atomic E-state index is 11.5. The number of aldehydes is 1. The van der Waals surface area contributed by atoms with E-state index in [-0.39, 0.29) is 6.42 Å². The minimum atomic E-state index is -1.13. The number of hydrogen-bond acceptors (Lipinski definition) is 5. The molecule has 0 aromatic carbocycles. The molecule has 0 aromatic rings. The number of carbonyl (C=O) groups is 3. The van der Waals surface area contributed by atoms with Crippen LogP contribution in [0.3, 0.4) is 0 Å². The number of ether oxygens (including phenoxy) is 2. The Morgan fingerprint density at radius 3 is 2.39 bits per heavy atom. The fourth-order valence-corrected chi connectivity index (χ4v) is 1.45. The fourth-order valence-electron chi connectivity index (χ4n) is 1.45. The zero-order valence-corrected chi connectivity index (χ0v) is 11.3. The van der Waals surface area contributed by atoms with Crippen molar-refractivity contribution in [2.45, 2.75) is 52.1 Å². The van der Waals surface area contributed by atoms with Gasteiger partial charge in [0.25, 0.3) is 0 Å². The van der Waals surface area contributed by atoms with Gasteiger partial charge >= 0.3 is 11.9 Å². The van der Waals surface area contributed by atoms with Crippen LogP contribution in [0.25, 0.3) is 0 Å². The molecule has 5 heteroatoms. The van der Waals surface area contributed by atoms with Gasteiger partial charge in [-0.25, -0.2) is 4.79 Å². The molecule has 0 heterocycles. The number of methoxy groups -OCH3 is 1. The summed E-state index contributed by atoms with van der Waals surface area (Å²) < 4.78 is 9.50. The summed E-state index contributed by atoms with van der Waals surface area (Å²) in [6, 6.07) is 0. The van der Waals surface area contributed by atoms with Crippen LogP contribution in [-0.2, 0) is 23.9 Å². The van der Waals surface area contributed by atoms with Crippen LogP contribution in [0.5, 0.6) is 0 Å². The molecule has 0 aliphatic heterocycles. The van der Waals surface area contributed by atoms with Crippen LogP contribution in [0.1, 0.15) is 46.0 Å². The topological polar surface area (TPSA) is 69.7 Å². The van der Waals surface area contributed by atoms with Crippen molar-refractivity contribution >= 4 is 18.2 Å². The molecule has 0 saturated heterocycles. The Kier molecular flexibility index (Phi) is 8.88. The molecule has 0 rings (SSSR count). The van der Waals surface area contributed by atoms with Crippen molar-refractivity contribution in [2.24, 2.45) is 5.92 Å². The van der Waals surface area contributed by atoms with E-state index in [0.717, 1.165) is 25.7 Å². The molecule has 2 unspecified atom stereocenters. The summed E-state index contributed by atoms with van der Waals surface area (Å²) in [5.74, 6) is -1.86. The molecule has 2 atom stereocenters. The molecule has 0 aliphatic rings. The first kappa shape index (κ1) is 16.6. The summed E-state index contributed by atoms with van der Waals surface area (Å²) >= 11 is 0. The third kappa shape index (κ3) is 6.37. The van der Waals surface area contributed by atoms with Crippen LogP contribution >= 0.6 is 0 Å². The van der Waals surface area contributed by atoms with Crippen molar-refractivity contribution in [3.05, 3.63) is 0 Å². The molecule has 0 bridgehead atoms. The van der Waals surface area contributed by atoms with Gasteiger partial charge in [0.2, 0.25) is 6.10 Å². The third-order valence-electron chi connectivity index (χ3n) is 2.62. The monoisotopic (exact) mass is 258 g/mol. The van der Waals surface area contributed by atoms with Gasteiger partial charge in [0.15, 0.2) is 0 Å². The summed E-state index contributed by atoms with van der Waals surface area (Å²) in [6.07, 6.45) is 3.55. The maximum Gasteiger partial charge on any atom is 0.347 e. The highest BCUT2D eigenvalue weighted by atomic mass is 16.6. The van der Waals surface area contributed by atoms with Gasteiger partial charge in [-0.3, -0.25) is 4.79 Å². The Labute approximate surface area is 108 Å². The van der Waals surface area contributed by atoms with E-state index in [2.05, 4.69) is 11.7 Å². The molecule has 0 amide bonds. The van der Waals surface area contributed by atoms with Gasteiger partial charge in [-0.05, 0) is 6.42 Å². The molecule has 0 N–H and O–H groups in total. The molecule has 0 aromatic heterocycles. The lowest BCUT2D eigenvalue weighted by atomic mass is 10.1. The van der Waals surface area contributed by atoms with Crippen LogP contribution < -0.4 is 0 Å². The van der Waals surface area contributed by atoms with Gasteiger partial charge in [-0.1, -0.05) is 33.1 Å². The molecule has 104 valence electrons. The molecule has 18 heavy (non-hydrogen) atoms. The van der Waals surface area contributed by atoms with E-state index in [4.69, 9.17) is 4.74 Å². The van der Waals surface area contributed by atoms with Crippen LogP contribution in [0.2, 0.25) is 0 Å². The van der Waals surface area contributed by atoms with Gasteiger partial charge in [0.1, 0.15) is 6.29 Å². The van der Waals surface area contributed by atoms with Crippen LogP contribution in [0.4, 0.5) is 0 Å². The Morgan fingerprint density at radius 1 is 1.22 bits per heavy atom. The van der Waals surface area contributed by atoms with E-state index < -0.39 is 24.0 Å². The Balaban J connectivity index is 4.19. The first-order chi connectivity index (χ1) is 8.56. The van der Waals surface area contributed by atoms with Gasteiger partial charge in [-0.15, -0.1) is 0 Å². The second-order valence-electron chi connectivity index (χ2n) is 4.24. The first-order valence-electron chi connectivity index (χ1n) is 6.29. The lowest BCUT2D eigenvalue weighted by Gasteiger charge is -2.17. The van der Waals surface area contributed by atoms with Crippen molar-refractivity contribution in [1.82, 2.24) is 0 Å². The van der Waals surface area contributed by atoms with Crippen LogP contribution in [0, 0.1) is 5.92 Å². The lowest BCUT2D eigenvalue weighted by Crippen LogP contribution is -2.35. The molecule has 0 fully saturated rings. The predicted molar refractivity (Wildman–Crippen MR) is 65.9 cm³/mol. The normalized spacial score (nSPS) is 13.5. The van der Waals surface area contributed by atoms with Crippen LogP contribution in [-0.4, -0.2) is 31.4 Å². The zero-order valence-electron chi connectivity index (χ0n) is 11.3. The van der Waals surface area contributed by atoms with Crippen LogP contribution in [0.15, 0.2) is 0 Å². The van der Waals surface area contributed by atoms with Crippen molar-refractivity contribution in [1.29, 1.82) is 0 Å². The lowest BCUT2D eigenvalue weighted by molar-refractivity contribution is -0.169. The molecular weight excluding hydrogens is 236 g/mol. The Morgan fingerprint density at radius 2 is 1.89 bits per heavy atom. The molecule has 0 aliphatic carbocycles. The number of esters is 2. The molecule has 5 nitrogen and oxygen atoms in total. The number of rotatable bonds is 9. The van der Waals surface area contributed by atoms with Crippen molar-refractivity contribution < 1.29 is 23.9 Å². The number of hydrogen-bond donors (Lipinski definition) is 0. The standard InChI is InChI=1S/C13H22O5/c1-4-5-6-7-8-11(15)18-12(10(2)9-14)13(16)17-3/h9-10,12H,4-8H2,1-3H3. The molecule has 0 spiro atoms. The molecular formula is C13H22O5. The first-order valence-corrected chi connectivity index (χ1v) is 6.29. The number of unbranched alkanes of at least 4 members (excludes halogenated alkanes) is 3. The Hall–Kier alpha value is -1.39. The second-order valence-corrected chi connectivity index (χ2v) is 4.24. The summed E-state index contributed by atoms with van der Waals surface area (Å²) in [4.78, 5) is 33.5. The highest BCUT2D eigenvalue weighted by Crippen LogP contribution is 2.10. The van der Waals surface area contributed by atoms with E-state index in [1.165, 1.54) is 14.0 Å². The number of carbonyl (C=O) groups excluding carboxylic acids is 3. The van der Waals surface area contributed by atoms with E-state index in [9.17, 15) is 14.4 Å². The average molecular weight is 258 g/mol. The van der Waals surface area contributed by atoms with Gasteiger partial charge < -0.3 is 14.3 Å². The molecule has 0 saturated carbocycles. The van der Waals surface area contributed by atoms with E-state index in [1.807, 2.05) is 0 Å². The highest BCUT2D eigenvalue weighted by molar-refractivity contribution is 5.82. The smallest absolute Gasteiger partial charge is 0.347 e. The quantitative estimate of drug-likeness (QED) is 0.359. The molecule has 0 radical (unpaired) electrons. The minimum Gasteiger partial charge on any atom is -0.466 e. The van der Waals surface area contributed by atoms with Crippen molar-refractivity contribution in [3.8, 4) is 0 Å². The fraction of sp³-hybridized carbons (Fsp3) is 0.769. The van der Waals surface area contributed by atoms with E-state index in [1.54, 1.807) is 0 Å². The maximum absolute atomic E-state index is 11.5. The summed E-state index contributed by atoms with van der Waals surface area (Å²) in [7, 11) is 1.20. The second kappa shape index (κ2) is 9.62. The minimum absolute atomic E-state index is 0.263.